The predicted octanol–water partition coefficient (Wildman–Crippen LogP) is 2.81. The highest BCUT2D eigenvalue weighted by atomic mass is 16.7. The van der Waals surface area contributed by atoms with E-state index in [9.17, 15) is 4.79 Å². The predicted molar refractivity (Wildman–Crippen MR) is 53.0 cm³/mol. The van der Waals surface area contributed by atoms with E-state index in [1.807, 2.05) is 13.0 Å². The highest BCUT2D eigenvalue weighted by molar-refractivity contribution is 5.63. The van der Waals surface area contributed by atoms with Crippen molar-refractivity contribution >= 4 is 6.16 Å². The molecule has 0 unspecified atom stereocenters. The SMILES string of the molecule is C[CH][C@H](C)OC(=O)Oc1ccccc1. The van der Waals surface area contributed by atoms with Gasteiger partial charge in [0.2, 0.25) is 0 Å². The van der Waals surface area contributed by atoms with Gasteiger partial charge < -0.3 is 9.47 Å². The van der Waals surface area contributed by atoms with Crippen molar-refractivity contribution in [3.05, 3.63) is 36.8 Å². The fraction of sp³-hybridized carbons (Fsp3) is 0.273. The second-order valence-corrected chi connectivity index (χ2v) is 2.82. The van der Waals surface area contributed by atoms with E-state index < -0.39 is 6.16 Å². The minimum absolute atomic E-state index is 0.230. The molecule has 0 spiro atoms. The van der Waals surface area contributed by atoms with Crippen molar-refractivity contribution in [1.82, 2.24) is 0 Å². The summed E-state index contributed by atoms with van der Waals surface area (Å²) >= 11 is 0. The van der Waals surface area contributed by atoms with Crippen LogP contribution in [-0.2, 0) is 4.74 Å². The molecule has 0 amide bonds. The van der Waals surface area contributed by atoms with Crippen LogP contribution >= 0.6 is 0 Å². The first kappa shape index (κ1) is 10.6. The lowest BCUT2D eigenvalue weighted by molar-refractivity contribution is 0.0773. The lowest BCUT2D eigenvalue weighted by Crippen LogP contribution is -2.17. The van der Waals surface area contributed by atoms with Crippen LogP contribution in [0, 0.1) is 6.42 Å². The Bertz CT molecular complexity index is 282. The third-order valence-corrected chi connectivity index (χ3v) is 1.70. The summed E-state index contributed by atoms with van der Waals surface area (Å²) in [5.74, 6) is 0.487. The quantitative estimate of drug-likeness (QED) is 0.547. The van der Waals surface area contributed by atoms with E-state index in [1.54, 1.807) is 37.6 Å². The molecule has 0 aliphatic rings. The van der Waals surface area contributed by atoms with Crippen molar-refractivity contribution in [1.29, 1.82) is 0 Å². The van der Waals surface area contributed by atoms with Gasteiger partial charge in [0.15, 0.2) is 0 Å². The standard InChI is InChI=1S/C11H13O3/c1-3-9(2)13-11(12)14-10-7-5-4-6-8-10/h3-9H,1-2H3/t9-/m0/s1. The maximum atomic E-state index is 11.1. The molecule has 1 radical (unpaired) electrons. The van der Waals surface area contributed by atoms with E-state index in [0.29, 0.717) is 5.75 Å². The van der Waals surface area contributed by atoms with Gasteiger partial charge in [-0.3, -0.25) is 0 Å². The first-order valence-electron chi connectivity index (χ1n) is 4.45. The maximum absolute atomic E-state index is 11.1. The molecule has 1 aromatic rings. The minimum atomic E-state index is -0.679. The van der Waals surface area contributed by atoms with Crippen LogP contribution in [0.15, 0.2) is 30.3 Å². The molecule has 3 heteroatoms. The number of hydrogen-bond donors (Lipinski definition) is 0. The second kappa shape index (κ2) is 5.27. The molecule has 1 aromatic carbocycles. The van der Waals surface area contributed by atoms with Gasteiger partial charge in [-0.1, -0.05) is 25.1 Å². The zero-order valence-corrected chi connectivity index (χ0v) is 8.27. The molecule has 1 rings (SSSR count). The molecule has 1 atom stereocenters. The smallest absolute Gasteiger partial charge is 0.431 e. The van der Waals surface area contributed by atoms with E-state index in [0.717, 1.165) is 0 Å². The number of para-hydroxylation sites is 1. The Labute approximate surface area is 83.6 Å². The first-order valence-corrected chi connectivity index (χ1v) is 4.45. The van der Waals surface area contributed by atoms with Crippen molar-refractivity contribution in [2.24, 2.45) is 0 Å². The van der Waals surface area contributed by atoms with Crippen molar-refractivity contribution in [2.45, 2.75) is 20.0 Å². The summed E-state index contributed by atoms with van der Waals surface area (Å²) in [4.78, 5) is 11.1. The van der Waals surface area contributed by atoms with E-state index in [2.05, 4.69) is 0 Å². The monoisotopic (exact) mass is 193 g/mol. The molecule has 0 aliphatic heterocycles. The minimum Gasteiger partial charge on any atom is -0.431 e. The number of ether oxygens (including phenoxy) is 2. The lowest BCUT2D eigenvalue weighted by Gasteiger charge is -2.09. The zero-order chi connectivity index (χ0) is 10.4. The van der Waals surface area contributed by atoms with E-state index in [1.165, 1.54) is 0 Å². The molecule has 0 N–H and O–H groups in total. The van der Waals surface area contributed by atoms with Gasteiger partial charge in [0.05, 0.1) is 0 Å². The first-order chi connectivity index (χ1) is 6.72. The molecular formula is C11H13O3. The second-order valence-electron chi connectivity index (χ2n) is 2.82. The lowest BCUT2D eigenvalue weighted by atomic mass is 10.3. The van der Waals surface area contributed by atoms with Gasteiger partial charge in [0, 0.05) is 0 Å². The number of benzene rings is 1. The molecule has 0 aromatic heterocycles. The van der Waals surface area contributed by atoms with Crippen LogP contribution in [0.1, 0.15) is 13.8 Å². The Morgan fingerprint density at radius 2 is 2.00 bits per heavy atom. The summed E-state index contributed by atoms with van der Waals surface area (Å²) < 4.78 is 9.79. The largest absolute Gasteiger partial charge is 0.514 e. The molecule has 0 saturated carbocycles. The van der Waals surface area contributed by atoms with Crippen LogP contribution < -0.4 is 4.74 Å². The van der Waals surface area contributed by atoms with Crippen LogP contribution in [0.3, 0.4) is 0 Å². The molecule has 0 aliphatic carbocycles. The van der Waals surface area contributed by atoms with Crippen LogP contribution in [-0.4, -0.2) is 12.3 Å². The van der Waals surface area contributed by atoms with E-state index in [4.69, 9.17) is 9.47 Å². The fourth-order valence-corrected chi connectivity index (χ4v) is 0.829. The summed E-state index contributed by atoms with van der Waals surface area (Å²) in [6.45, 7) is 3.59. The van der Waals surface area contributed by atoms with Gasteiger partial charge in [0.1, 0.15) is 11.9 Å². The van der Waals surface area contributed by atoms with Gasteiger partial charge in [-0.05, 0) is 25.5 Å². The van der Waals surface area contributed by atoms with Crippen LogP contribution in [0.2, 0.25) is 0 Å². The molecule has 0 saturated heterocycles. The number of carbonyl (C=O) groups excluding carboxylic acids is 1. The molecule has 3 nitrogen and oxygen atoms in total. The molecule has 0 heterocycles. The van der Waals surface area contributed by atoms with Crippen LogP contribution in [0.5, 0.6) is 5.75 Å². The maximum Gasteiger partial charge on any atom is 0.514 e. The number of hydrogen-bond acceptors (Lipinski definition) is 3. The Morgan fingerprint density at radius 1 is 1.36 bits per heavy atom. The average molecular weight is 193 g/mol. The summed E-state index contributed by atoms with van der Waals surface area (Å²) in [5, 5.41) is 0. The Balaban J connectivity index is 2.42. The summed E-state index contributed by atoms with van der Waals surface area (Å²) in [7, 11) is 0. The van der Waals surface area contributed by atoms with Crippen molar-refractivity contribution < 1.29 is 14.3 Å². The Morgan fingerprint density at radius 3 is 2.57 bits per heavy atom. The molecule has 0 fully saturated rings. The van der Waals surface area contributed by atoms with Crippen LogP contribution in [0.4, 0.5) is 4.79 Å². The van der Waals surface area contributed by atoms with E-state index in [-0.39, 0.29) is 6.10 Å². The van der Waals surface area contributed by atoms with E-state index >= 15 is 0 Å². The highest BCUT2D eigenvalue weighted by Gasteiger charge is 2.09. The van der Waals surface area contributed by atoms with Gasteiger partial charge >= 0.3 is 6.16 Å². The highest BCUT2D eigenvalue weighted by Crippen LogP contribution is 2.10. The summed E-state index contributed by atoms with van der Waals surface area (Å²) in [6.07, 6.45) is 0.861. The molecule has 0 bridgehead atoms. The van der Waals surface area contributed by atoms with Gasteiger partial charge in [-0.2, -0.15) is 0 Å². The van der Waals surface area contributed by atoms with Crippen molar-refractivity contribution in [3.63, 3.8) is 0 Å². The number of rotatable bonds is 3. The third-order valence-electron chi connectivity index (χ3n) is 1.70. The molecule has 14 heavy (non-hydrogen) atoms. The third kappa shape index (κ3) is 3.47. The normalized spacial score (nSPS) is 11.9. The van der Waals surface area contributed by atoms with Gasteiger partial charge in [-0.15, -0.1) is 0 Å². The summed E-state index contributed by atoms with van der Waals surface area (Å²) in [6, 6.07) is 8.82. The topological polar surface area (TPSA) is 35.5 Å². The van der Waals surface area contributed by atoms with Gasteiger partial charge in [0.25, 0.3) is 0 Å². The number of carbonyl (C=O) groups is 1. The van der Waals surface area contributed by atoms with Crippen molar-refractivity contribution in [3.8, 4) is 5.75 Å². The fourth-order valence-electron chi connectivity index (χ4n) is 0.829. The van der Waals surface area contributed by atoms with Crippen molar-refractivity contribution in [2.75, 3.05) is 0 Å². The van der Waals surface area contributed by atoms with Gasteiger partial charge in [-0.25, -0.2) is 4.79 Å². The zero-order valence-electron chi connectivity index (χ0n) is 8.27. The van der Waals surface area contributed by atoms with Crippen LogP contribution in [0.25, 0.3) is 0 Å². The molecular weight excluding hydrogens is 180 g/mol. The summed E-state index contributed by atoms with van der Waals surface area (Å²) in [5.41, 5.74) is 0. The molecule has 75 valence electrons. The Hall–Kier alpha value is -1.51. The Kier molecular flexibility index (Phi) is 3.98. The average Bonchev–Trinajstić information content (AvgIpc) is 2.19.